The molecule has 22 heavy (non-hydrogen) atoms. The number of benzene rings is 1. The Balaban J connectivity index is 2.03. The Kier molecular flexibility index (Phi) is 4.49. The molecule has 0 bridgehead atoms. The molecule has 1 amide bonds. The van der Waals surface area contributed by atoms with Gasteiger partial charge in [0.1, 0.15) is 5.82 Å². The van der Waals surface area contributed by atoms with Crippen LogP contribution in [0.3, 0.4) is 0 Å². The highest BCUT2D eigenvalue weighted by molar-refractivity contribution is 5.89. The van der Waals surface area contributed by atoms with Crippen LogP contribution in [-0.2, 0) is 16.0 Å². The summed E-state index contributed by atoms with van der Waals surface area (Å²) in [6.07, 6.45) is 2.20. The molecule has 0 atom stereocenters. The Labute approximate surface area is 127 Å². The highest BCUT2D eigenvalue weighted by atomic mass is 19.1. The second-order valence-electron chi connectivity index (χ2n) is 6.01. The molecular weight excluding hydrogens is 287 g/mol. The van der Waals surface area contributed by atoms with Crippen LogP contribution in [0.25, 0.3) is 10.9 Å². The molecule has 0 saturated heterocycles. The lowest BCUT2D eigenvalue weighted by Crippen LogP contribution is -2.44. The van der Waals surface area contributed by atoms with Crippen molar-refractivity contribution in [2.75, 3.05) is 0 Å². The molecule has 118 valence electrons. The highest BCUT2D eigenvalue weighted by Crippen LogP contribution is 2.20. The summed E-state index contributed by atoms with van der Waals surface area (Å²) < 4.78 is 13.1. The summed E-state index contributed by atoms with van der Waals surface area (Å²) in [7, 11) is 0. The number of halogens is 1. The van der Waals surface area contributed by atoms with Crippen molar-refractivity contribution in [1.29, 1.82) is 0 Å². The maximum absolute atomic E-state index is 13.1. The molecule has 0 saturated carbocycles. The Hall–Kier alpha value is -2.37. The van der Waals surface area contributed by atoms with E-state index in [1.54, 1.807) is 26.1 Å². The van der Waals surface area contributed by atoms with Gasteiger partial charge in [-0.2, -0.15) is 0 Å². The molecule has 0 spiro atoms. The molecule has 0 radical (unpaired) electrons. The minimum Gasteiger partial charge on any atom is -0.481 e. The zero-order chi connectivity index (χ0) is 16.3. The van der Waals surface area contributed by atoms with Crippen LogP contribution in [0.1, 0.15) is 32.3 Å². The number of aromatic nitrogens is 1. The van der Waals surface area contributed by atoms with Crippen LogP contribution < -0.4 is 5.32 Å². The quantitative estimate of drug-likeness (QED) is 0.767. The van der Waals surface area contributed by atoms with Gasteiger partial charge >= 0.3 is 5.97 Å². The van der Waals surface area contributed by atoms with E-state index in [1.165, 1.54) is 12.1 Å². The lowest BCUT2D eigenvalue weighted by molar-refractivity contribution is -0.137. The Morgan fingerprint density at radius 2 is 2.09 bits per heavy atom. The van der Waals surface area contributed by atoms with Crippen LogP contribution >= 0.6 is 0 Å². The minimum absolute atomic E-state index is 0.000355. The summed E-state index contributed by atoms with van der Waals surface area (Å²) in [6.45, 7) is 3.58. The summed E-state index contributed by atoms with van der Waals surface area (Å²) in [5.74, 6) is -1.42. The fourth-order valence-electron chi connectivity index (χ4n) is 2.38. The van der Waals surface area contributed by atoms with Gasteiger partial charge in [-0.25, -0.2) is 4.39 Å². The van der Waals surface area contributed by atoms with Crippen molar-refractivity contribution in [3.8, 4) is 0 Å². The molecule has 0 unspecified atom stereocenters. The number of rotatable bonds is 6. The third-order valence-corrected chi connectivity index (χ3v) is 3.52. The van der Waals surface area contributed by atoms with Crippen molar-refractivity contribution in [1.82, 2.24) is 10.3 Å². The summed E-state index contributed by atoms with van der Waals surface area (Å²) in [6, 6.07) is 4.38. The number of carbonyl (C=O) groups is 2. The van der Waals surface area contributed by atoms with Crippen molar-refractivity contribution in [3.05, 3.63) is 35.8 Å². The number of H-pyrrole nitrogens is 1. The van der Waals surface area contributed by atoms with Crippen molar-refractivity contribution in [2.24, 2.45) is 0 Å². The monoisotopic (exact) mass is 306 g/mol. The van der Waals surface area contributed by atoms with E-state index in [-0.39, 0.29) is 24.6 Å². The molecule has 2 aromatic rings. The third kappa shape index (κ3) is 4.07. The average molecular weight is 306 g/mol. The largest absolute Gasteiger partial charge is 0.481 e. The first-order chi connectivity index (χ1) is 10.3. The van der Waals surface area contributed by atoms with Gasteiger partial charge in [0.05, 0.1) is 6.42 Å². The first kappa shape index (κ1) is 16.0. The zero-order valence-electron chi connectivity index (χ0n) is 12.6. The summed E-state index contributed by atoms with van der Waals surface area (Å²) in [4.78, 5) is 25.7. The van der Waals surface area contributed by atoms with Gasteiger partial charge in [0.2, 0.25) is 5.91 Å². The van der Waals surface area contributed by atoms with Gasteiger partial charge in [0.25, 0.3) is 0 Å². The molecule has 6 heteroatoms. The summed E-state index contributed by atoms with van der Waals surface area (Å²) in [5.41, 5.74) is 0.836. The molecule has 1 aromatic carbocycles. The summed E-state index contributed by atoms with van der Waals surface area (Å²) >= 11 is 0. The SMILES string of the molecule is CC(C)(CCC(=O)O)NC(=O)Cc1c[nH]c2cc(F)ccc12. The number of carbonyl (C=O) groups excluding carboxylic acids is 1. The molecular formula is C16H19FN2O3. The lowest BCUT2D eigenvalue weighted by Gasteiger charge is -2.25. The molecule has 1 heterocycles. The van der Waals surface area contributed by atoms with E-state index < -0.39 is 11.5 Å². The van der Waals surface area contributed by atoms with Crippen LogP contribution in [0.15, 0.2) is 24.4 Å². The normalized spacial score (nSPS) is 11.6. The number of aliphatic carboxylic acids is 1. The van der Waals surface area contributed by atoms with Crippen LogP contribution in [0.5, 0.6) is 0 Å². The standard InChI is InChI=1S/C16H19FN2O3/c1-16(2,6-5-15(21)22)19-14(20)7-10-9-18-13-8-11(17)3-4-12(10)13/h3-4,8-9,18H,5-7H2,1-2H3,(H,19,20)(H,21,22). The Bertz CT molecular complexity index is 706. The number of hydrogen-bond acceptors (Lipinski definition) is 2. The molecule has 0 aliphatic heterocycles. The van der Waals surface area contributed by atoms with E-state index in [9.17, 15) is 14.0 Å². The van der Waals surface area contributed by atoms with Gasteiger partial charge in [-0.1, -0.05) is 0 Å². The Morgan fingerprint density at radius 1 is 1.36 bits per heavy atom. The van der Waals surface area contributed by atoms with Crippen molar-refractivity contribution < 1.29 is 19.1 Å². The van der Waals surface area contributed by atoms with Gasteiger partial charge in [-0.3, -0.25) is 9.59 Å². The summed E-state index contributed by atoms with van der Waals surface area (Å²) in [5, 5.41) is 12.4. The molecule has 2 rings (SSSR count). The number of hydrogen-bond donors (Lipinski definition) is 3. The molecule has 1 aromatic heterocycles. The number of amides is 1. The van der Waals surface area contributed by atoms with Crippen molar-refractivity contribution in [2.45, 2.75) is 38.6 Å². The second kappa shape index (κ2) is 6.17. The number of fused-ring (bicyclic) bond motifs is 1. The minimum atomic E-state index is -0.888. The molecule has 3 N–H and O–H groups in total. The smallest absolute Gasteiger partial charge is 0.303 e. The molecule has 5 nitrogen and oxygen atoms in total. The van der Waals surface area contributed by atoms with Gasteiger partial charge in [-0.15, -0.1) is 0 Å². The van der Waals surface area contributed by atoms with Gasteiger partial charge in [0.15, 0.2) is 0 Å². The van der Waals surface area contributed by atoms with E-state index in [4.69, 9.17) is 5.11 Å². The van der Waals surface area contributed by atoms with E-state index >= 15 is 0 Å². The first-order valence-electron chi connectivity index (χ1n) is 7.05. The van der Waals surface area contributed by atoms with Crippen molar-refractivity contribution >= 4 is 22.8 Å². The number of nitrogens with one attached hydrogen (secondary N) is 2. The topological polar surface area (TPSA) is 82.2 Å². The fourth-order valence-corrected chi connectivity index (χ4v) is 2.38. The van der Waals surface area contributed by atoms with Crippen LogP contribution in [-0.4, -0.2) is 27.5 Å². The molecule has 0 fully saturated rings. The maximum Gasteiger partial charge on any atom is 0.303 e. The molecule has 0 aliphatic rings. The average Bonchev–Trinajstić information content (AvgIpc) is 2.78. The van der Waals surface area contributed by atoms with E-state index in [0.29, 0.717) is 11.9 Å². The Morgan fingerprint density at radius 3 is 2.77 bits per heavy atom. The van der Waals surface area contributed by atoms with Gasteiger partial charge in [-0.05, 0) is 44.0 Å². The van der Waals surface area contributed by atoms with E-state index in [1.807, 2.05) is 0 Å². The second-order valence-corrected chi connectivity index (χ2v) is 6.01. The first-order valence-corrected chi connectivity index (χ1v) is 7.05. The lowest BCUT2D eigenvalue weighted by atomic mass is 9.98. The van der Waals surface area contributed by atoms with Crippen LogP contribution in [0.2, 0.25) is 0 Å². The number of carboxylic acid groups (broad SMARTS) is 1. The number of aromatic amines is 1. The van der Waals surface area contributed by atoms with E-state index in [0.717, 1.165) is 10.9 Å². The fraction of sp³-hybridized carbons (Fsp3) is 0.375. The predicted octanol–water partition coefficient (Wildman–Crippen LogP) is 2.61. The maximum atomic E-state index is 13.1. The van der Waals surface area contributed by atoms with Gasteiger partial charge < -0.3 is 15.4 Å². The van der Waals surface area contributed by atoms with Gasteiger partial charge in [0, 0.05) is 29.1 Å². The molecule has 0 aliphatic carbocycles. The van der Waals surface area contributed by atoms with Crippen LogP contribution in [0.4, 0.5) is 4.39 Å². The zero-order valence-corrected chi connectivity index (χ0v) is 12.6. The predicted molar refractivity (Wildman–Crippen MR) is 81.1 cm³/mol. The third-order valence-electron chi connectivity index (χ3n) is 3.52. The highest BCUT2D eigenvalue weighted by Gasteiger charge is 2.22. The number of carboxylic acids is 1. The van der Waals surface area contributed by atoms with Crippen molar-refractivity contribution in [3.63, 3.8) is 0 Å². The van der Waals surface area contributed by atoms with Crippen LogP contribution in [0, 0.1) is 5.82 Å². The van der Waals surface area contributed by atoms with E-state index in [2.05, 4.69) is 10.3 Å².